The second-order valence-electron chi connectivity index (χ2n) is 3.64. The summed E-state index contributed by atoms with van der Waals surface area (Å²) in [5.41, 5.74) is 0.988. The largest absolute Gasteiger partial charge is 0.392 e. The first-order valence-corrected chi connectivity index (χ1v) is 5.62. The molecule has 0 aromatic heterocycles. The molecule has 0 saturated heterocycles. The van der Waals surface area contributed by atoms with Crippen LogP contribution >= 0.6 is 23.2 Å². The summed E-state index contributed by atoms with van der Waals surface area (Å²) in [6.45, 7) is 4.28. The molecule has 0 bridgehead atoms. The molecule has 1 aromatic carbocycles. The normalized spacial score (nSPS) is 15.0. The SMILES string of the molecule is CC(O)CNC(C)c1ccc(Cl)cc1Cl. The van der Waals surface area contributed by atoms with Gasteiger partial charge in [0.1, 0.15) is 0 Å². The van der Waals surface area contributed by atoms with Crippen molar-refractivity contribution in [3.8, 4) is 0 Å². The number of aliphatic hydroxyl groups excluding tert-OH is 1. The Kier molecular flexibility index (Phi) is 4.87. The van der Waals surface area contributed by atoms with Crippen molar-refractivity contribution in [2.75, 3.05) is 6.54 Å². The molecule has 2 unspecified atom stereocenters. The van der Waals surface area contributed by atoms with Crippen LogP contribution in [0.15, 0.2) is 18.2 Å². The zero-order valence-electron chi connectivity index (χ0n) is 8.80. The highest BCUT2D eigenvalue weighted by molar-refractivity contribution is 6.35. The predicted octanol–water partition coefficient (Wildman–Crippen LogP) is 3.02. The third-order valence-corrected chi connectivity index (χ3v) is 2.71. The molecule has 0 fully saturated rings. The van der Waals surface area contributed by atoms with Gasteiger partial charge in [-0.25, -0.2) is 0 Å². The van der Waals surface area contributed by atoms with Crippen molar-refractivity contribution in [1.82, 2.24) is 5.32 Å². The highest BCUT2D eigenvalue weighted by atomic mass is 35.5. The summed E-state index contributed by atoms with van der Waals surface area (Å²) < 4.78 is 0. The molecule has 0 heterocycles. The molecule has 4 heteroatoms. The van der Waals surface area contributed by atoms with Gasteiger partial charge in [-0.15, -0.1) is 0 Å². The standard InChI is InChI=1S/C11H15Cl2NO/c1-7(15)6-14-8(2)10-4-3-9(12)5-11(10)13/h3-5,7-8,14-15H,6H2,1-2H3. The molecule has 0 saturated carbocycles. The van der Waals surface area contributed by atoms with E-state index in [1.54, 1.807) is 13.0 Å². The highest BCUT2D eigenvalue weighted by Gasteiger charge is 2.09. The van der Waals surface area contributed by atoms with Crippen molar-refractivity contribution >= 4 is 23.2 Å². The lowest BCUT2D eigenvalue weighted by molar-refractivity contribution is 0.187. The molecular weight excluding hydrogens is 233 g/mol. The van der Waals surface area contributed by atoms with Crippen LogP contribution in [0.4, 0.5) is 0 Å². The van der Waals surface area contributed by atoms with E-state index in [9.17, 15) is 0 Å². The number of hydrogen-bond donors (Lipinski definition) is 2. The summed E-state index contributed by atoms with van der Waals surface area (Å²) >= 11 is 11.9. The van der Waals surface area contributed by atoms with Gasteiger partial charge < -0.3 is 10.4 Å². The van der Waals surface area contributed by atoms with Crippen molar-refractivity contribution in [2.45, 2.75) is 26.0 Å². The first-order valence-electron chi connectivity index (χ1n) is 4.87. The summed E-state index contributed by atoms with van der Waals surface area (Å²) in [5, 5.41) is 13.6. The molecule has 1 rings (SSSR count). The lowest BCUT2D eigenvalue weighted by Crippen LogP contribution is -2.27. The van der Waals surface area contributed by atoms with Crippen LogP contribution in [0.2, 0.25) is 10.0 Å². The van der Waals surface area contributed by atoms with E-state index < -0.39 is 0 Å². The molecule has 0 aliphatic carbocycles. The number of aliphatic hydroxyl groups is 1. The topological polar surface area (TPSA) is 32.3 Å². The van der Waals surface area contributed by atoms with Gasteiger partial charge in [-0.05, 0) is 31.5 Å². The van der Waals surface area contributed by atoms with Crippen molar-refractivity contribution in [3.05, 3.63) is 33.8 Å². The van der Waals surface area contributed by atoms with E-state index in [4.69, 9.17) is 28.3 Å². The first kappa shape index (κ1) is 12.8. The third kappa shape index (κ3) is 3.99. The van der Waals surface area contributed by atoms with E-state index >= 15 is 0 Å². The smallest absolute Gasteiger partial charge is 0.0636 e. The van der Waals surface area contributed by atoms with Gasteiger partial charge in [0.15, 0.2) is 0 Å². The Morgan fingerprint density at radius 1 is 1.33 bits per heavy atom. The Balaban J connectivity index is 2.69. The number of nitrogens with one attached hydrogen (secondary N) is 1. The van der Waals surface area contributed by atoms with E-state index in [1.807, 2.05) is 19.1 Å². The average molecular weight is 248 g/mol. The zero-order valence-corrected chi connectivity index (χ0v) is 10.3. The van der Waals surface area contributed by atoms with Gasteiger partial charge in [-0.3, -0.25) is 0 Å². The van der Waals surface area contributed by atoms with Crippen LogP contribution in [0, 0.1) is 0 Å². The van der Waals surface area contributed by atoms with Crippen LogP contribution in [0.3, 0.4) is 0 Å². The fourth-order valence-electron chi connectivity index (χ4n) is 1.31. The zero-order chi connectivity index (χ0) is 11.4. The molecule has 15 heavy (non-hydrogen) atoms. The minimum atomic E-state index is -0.362. The van der Waals surface area contributed by atoms with Crippen molar-refractivity contribution in [3.63, 3.8) is 0 Å². The third-order valence-electron chi connectivity index (χ3n) is 2.15. The van der Waals surface area contributed by atoms with Gasteiger partial charge in [-0.2, -0.15) is 0 Å². The van der Waals surface area contributed by atoms with Crippen LogP contribution in [0.1, 0.15) is 25.5 Å². The maximum absolute atomic E-state index is 9.14. The van der Waals surface area contributed by atoms with Gasteiger partial charge in [0.2, 0.25) is 0 Å². The van der Waals surface area contributed by atoms with Gasteiger partial charge in [0, 0.05) is 22.6 Å². The van der Waals surface area contributed by atoms with E-state index in [1.165, 1.54) is 0 Å². The lowest BCUT2D eigenvalue weighted by Gasteiger charge is -2.16. The minimum absolute atomic E-state index is 0.101. The van der Waals surface area contributed by atoms with Crippen LogP contribution in [0.5, 0.6) is 0 Å². The maximum Gasteiger partial charge on any atom is 0.0636 e. The van der Waals surface area contributed by atoms with E-state index in [0.717, 1.165) is 5.56 Å². The van der Waals surface area contributed by atoms with Crippen LogP contribution < -0.4 is 5.32 Å². The quantitative estimate of drug-likeness (QED) is 0.858. The second-order valence-corrected chi connectivity index (χ2v) is 4.49. The van der Waals surface area contributed by atoms with E-state index in [2.05, 4.69) is 5.32 Å². The number of halogens is 2. The van der Waals surface area contributed by atoms with Crippen LogP contribution in [-0.4, -0.2) is 17.8 Å². The van der Waals surface area contributed by atoms with Gasteiger partial charge in [0.25, 0.3) is 0 Å². The Morgan fingerprint density at radius 2 is 2.00 bits per heavy atom. The summed E-state index contributed by atoms with van der Waals surface area (Å²) in [6.07, 6.45) is -0.362. The molecule has 0 aliphatic rings. The lowest BCUT2D eigenvalue weighted by atomic mass is 10.1. The molecule has 0 radical (unpaired) electrons. The highest BCUT2D eigenvalue weighted by Crippen LogP contribution is 2.25. The Labute approximate surface area is 100 Å². The fourth-order valence-corrected chi connectivity index (χ4v) is 1.88. The minimum Gasteiger partial charge on any atom is -0.392 e. The van der Waals surface area contributed by atoms with Gasteiger partial charge >= 0.3 is 0 Å². The van der Waals surface area contributed by atoms with Crippen molar-refractivity contribution < 1.29 is 5.11 Å². The molecule has 2 nitrogen and oxygen atoms in total. The summed E-state index contributed by atoms with van der Waals surface area (Å²) in [4.78, 5) is 0. The molecule has 0 aliphatic heterocycles. The van der Waals surface area contributed by atoms with Crippen molar-refractivity contribution in [2.24, 2.45) is 0 Å². The van der Waals surface area contributed by atoms with E-state index in [-0.39, 0.29) is 12.1 Å². The predicted molar refractivity (Wildman–Crippen MR) is 64.6 cm³/mol. The van der Waals surface area contributed by atoms with Gasteiger partial charge in [0.05, 0.1) is 6.10 Å². The summed E-state index contributed by atoms with van der Waals surface area (Å²) in [7, 11) is 0. The first-order chi connectivity index (χ1) is 7.00. The molecule has 84 valence electrons. The molecule has 2 N–H and O–H groups in total. The molecule has 1 aromatic rings. The van der Waals surface area contributed by atoms with Crippen LogP contribution in [0.25, 0.3) is 0 Å². The summed E-state index contributed by atoms with van der Waals surface area (Å²) in [6, 6.07) is 5.52. The van der Waals surface area contributed by atoms with Crippen LogP contribution in [-0.2, 0) is 0 Å². The molecule has 2 atom stereocenters. The Bertz CT molecular complexity index is 328. The van der Waals surface area contributed by atoms with E-state index in [0.29, 0.717) is 16.6 Å². The monoisotopic (exact) mass is 247 g/mol. The number of rotatable bonds is 4. The molecular formula is C11H15Cl2NO. The number of hydrogen-bond acceptors (Lipinski definition) is 2. The average Bonchev–Trinajstić information content (AvgIpc) is 2.14. The van der Waals surface area contributed by atoms with Crippen molar-refractivity contribution in [1.29, 1.82) is 0 Å². The Hall–Kier alpha value is -0.280. The second kappa shape index (κ2) is 5.71. The fraction of sp³-hybridized carbons (Fsp3) is 0.455. The Morgan fingerprint density at radius 3 is 2.53 bits per heavy atom. The van der Waals surface area contributed by atoms with Gasteiger partial charge in [-0.1, -0.05) is 29.3 Å². The number of benzene rings is 1. The maximum atomic E-state index is 9.14. The summed E-state index contributed by atoms with van der Waals surface area (Å²) in [5.74, 6) is 0. The molecule has 0 spiro atoms. The molecule has 0 amide bonds.